The number of benzene rings is 2. The van der Waals surface area contributed by atoms with Crippen molar-refractivity contribution < 1.29 is 4.74 Å². The van der Waals surface area contributed by atoms with Gasteiger partial charge in [0.15, 0.2) is 0 Å². The lowest BCUT2D eigenvalue weighted by Gasteiger charge is -2.20. The molecule has 1 aliphatic carbocycles. The normalized spacial score (nSPS) is 14.7. The maximum Gasteiger partial charge on any atom is 0.127 e. The summed E-state index contributed by atoms with van der Waals surface area (Å²) in [7, 11) is 0. The summed E-state index contributed by atoms with van der Waals surface area (Å²) >= 11 is 0. The predicted molar refractivity (Wildman–Crippen MR) is 90.5 cm³/mol. The van der Waals surface area contributed by atoms with Gasteiger partial charge in [-0.2, -0.15) is 0 Å². The number of rotatable bonds is 2. The fourth-order valence-electron chi connectivity index (χ4n) is 3.63. The van der Waals surface area contributed by atoms with Crippen LogP contribution in [0.1, 0.15) is 32.0 Å². The predicted octanol–water partition coefficient (Wildman–Crippen LogP) is 4.94. The average Bonchev–Trinajstić information content (AvgIpc) is 2.77. The summed E-state index contributed by atoms with van der Waals surface area (Å²) < 4.78 is 5.90. The molecule has 22 heavy (non-hydrogen) atoms. The van der Waals surface area contributed by atoms with Gasteiger partial charge in [0.2, 0.25) is 0 Å². The number of nitrogens with zero attached hydrogens (tertiary/aromatic N) is 1. The minimum Gasteiger partial charge on any atom is -0.493 e. The Morgan fingerprint density at radius 1 is 1.05 bits per heavy atom. The third-order valence-corrected chi connectivity index (χ3v) is 4.64. The summed E-state index contributed by atoms with van der Waals surface area (Å²) in [5.74, 6) is 0.950. The molecule has 0 aliphatic heterocycles. The standard InChI is InChI=1S/C20H19NO/c1-4-22-16-11-7-8-13-12-21-19-18(17(13)16)14-9-5-6-10-15(14)20(19,2)3/h5-12H,4H2,1-3H3. The minimum atomic E-state index is -0.0700. The van der Waals surface area contributed by atoms with E-state index >= 15 is 0 Å². The van der Waals surface area contributed by atoms with Crippen LogP contribution < -0.4 is 4.74 Å². The zero-order valence-corrected chi connectivity index (χ0v) is 13.2. The lowest BCUT2D eigenvalue weighted by Crippen LogP contribution is -2.16. The number of pyridine rings is 1. The van der Waals surface area contributed by atoms with Crippen LogP contribution in [0.15, 0.2) is 48.7 Å². The van der Waals surface area contributed by atoms with Crippen LogP contribution in [0.5, 0.6) is 5.75 Å². The van der Waals surface area contributed by atoms with Crippen molar-refractivity contribution in [3.63, 3.8) is 0 Å². The van der Waals surface area contributed by atoms with Gasteiger partial charge in [0.25, 0.3) is 0 Å². The minimum absolute atomic E-state index is 0.0700. The molecule has 1 heterocycles. The highest BCUT2D eigenvalue weighted by Crippen LogP contribution is 2.51. The summed E-state index contributed by atoms with van der Waals surface area (Å²) in [4.78, 5) is 4.80. The van der Waals surface area contributed by atoms with Gasteiger partial charge in [-0.3, -0.25) is 4.98 Å². The van der Waals surface area contributed by atoms with Gasteiger partial charge < -0.3 is 4.74 Å². The second-order valence-electron chi connectivity index (χ2n) is 6.31. The van der Waals surface area contributed by atoms with Crippen molar-refractivity contribution in [1.29, 1.82) is 0 Å². The average molecular weight is 289 g/mol. The lowest BCUT2D eigenvalue weighted by molar-refractivity contribution is 0.344. The molecule has 0 spiro atoms. The van der Waals surface area contributed by atoms with Crippen LogP contribution in [0, 0.1) is 0 Å². The maximum absolute atomic E-state index is 5.90. The Bertz CT molecular complexity index is 880. The van der Waals surface area contributed by atoms with Crippen LogP contribution >= 0.6 is 0 Å². The molecule has 2 heteroatoms. The van der Waals surface area contributed by atoms with E-state index in [1.165, 1.54) is 22.1 Å². The summed E-state index contributed by atoms with van der Waals surface area (Å²) in [5, 5.41) is 2.32. The Balaban J connectivity index is 2.17. The van der Waals surface area contributed by atoms with E-state index in [2.05, 4.69) is 50.2 Å². The molecule has 0 fully saturated rings. The Labute approximate surface area is 130 Å². The van der Waals surface area contributed by atoms with Gasteiger partial charge in [-0.15, -0.1) is 0 Å². The molecule has 2 nitrogen and oxygen atoms in total. The Morgan fingerprint density at radius 3 is 2.68 bits per heavy atom. The van der Waals surface area contributed by atoms with Gasteiger partial charge in [-0.05, 0) is 24.1 Å². The van der Waals surface area contributed by atoms with Gasteiger partial charge in [0, 0.05) is 27.9 Å². The van der Waals surface area contributed by atoms with Crippen molar-refractivity contribution in [2.45, 2.75) is 26.2 Å². The molecule has 0 saturated carbocycles. The quantitative estimate of drug-likeness (QED) is 0.666. The zero-order valence-electron chi connectivity index (χ0n) is 13.2. The maximum atomic E-state index is 5.90. The largest absolute Gasteiger partial charge is 0.493 e. The summed E-state index contributed by atoms with van der Waals surface area (Å²) in [6.07, 6.45) is 1.98. The van der Waals surface area contributed by atoms with Crippen molar-refractivity contribution in [2.24, 2.45) is 0 Å². The van der Waals surface area contributed by atoms with E-state index < -0.39 is 0 Å². The molecule has 3 aromatic rings. The Kier molecular flexibility index (Phi) is 2.77. The second-order valence-corrected chi connectivity index (χ2v) is 6.31. The SMILES string of the molecule is CCOc1cccc2cnc3c(c12)-c1ccccc1C3(C)C. The van der Waals surface area contributed by atoms with E-state index in [1.54, 1.807) is 0 Å². The molecule has 0 bridgehead atoms. The highest BCUT2D eigenvalue weighted by atomic mass is 16.5. The van der Waals surface area contributed by atoms with Gasteiger partial charge in [-0.25, -0.2) is 0 Å². The van der Waals surface area contributed by atoms with Crippen molar-refractivity contribution in [2.75, 3.05) is 6.61 Å². The van der Waals surface area contributed by atoms with Gasteiger partial charge in [-0.1, -0.05) is 50.2 Å². The van der Waals surface area contributed by atoms with Gasteiger partial charge in [0.05, 0.1) is 12.3 Å². The number of aromatic nitrogens is 1. The monoisotopic (exact) mass is 289 g/mol. The van der Waals surface area contributed by atoms with Crippen molar-refractivity contribution in [1.82, 2.24) is 4.98 Å². The molecule has 0 unspecified atom stereocenters. The third kappa shape index (κ3) is 1.64. The van der Waals surface area contributed by atoms with E-state index in [0.717, 1.165) is 16.8 Å². The molecular formula is C20H19NO. The molecule has 2 aromatic carbocycles. The van der Waals surface area contributed by atoms with Gasteiger partial charge in [0.1, 0.15) is 5.75 Å². The van der Waals surface area contributed by atoms with E-state index in [9.17, 15) is 0 Å². The number of fused-ring (bicyclic) bond motifs is 5. The molecule has 0 radical (unpaired) electrons. The number of hydrogen-bond acceptors (Lipinski definition) is 2. The van der Waals surface area contributed by atoms with Crippen LogP contribution in [0.4, 0.5) is 0 Å². The van der Waals surface area contributed by atoms with Crippen molar-refractivity contribution >= 4 is 10.8 Å². The highest BCUT2D eigenvalue weighted by Gasteiger charge is 2.38. The van der Waals surface area contributed by atoms with Crippen molar-refractivity contribution in [3.05, 3.63) is 59.9 Å². The zero-order chi connectivity index (χ0) is 15.3. The van der Waals surface area contributed by atoms with E-state index in [-0.39, 0.29) is 5.41 Å². The third-order valence-electron chi connectivity index (χ3n) is 4.64. The van der Waals surface area contributed by atoms with E-state index in [0.29, 0.717) is 6.61 Å². The first kappa shape index (κ1) is 13.3. The molecule has 110 valence electrons. The molecule has 0 N–H and O–H groups in total. The molecule has 0 amide bonds. The first-order valence-corrected chi connectivity index (χ1v) is 7.79. The lowest BCUT2D eigenvalue weighted by atomic mass is 9.85. The van der Waals surface area contributed by atoms with Crippen LogP contribution in [0.2, 0.25) is 0 Å². The fraction of sp³-hybridized carbons (Fsp3) is 0.250. The Morgan fingerprint density at radius 2 is 1.86 bits per heavy atom. The number of hydrogen-bond donors (Lipinski definition) is 0. The van der Waals surface area contributed by atoms with Gasteiger partial charge >= 0.3 is 0 Å². The summed E-state index contributed by atoms with van der Waals surface area (Å²) in [6, 6.07) is 14.8. The Hall–Kier alpha value is -2.35. The van der Waals surface area contributed by atoms with Crippen LogP contribution in [-0.2, 0) is 5.41 Å². The topological polar surface area (TPSA) is 22.1 Å². The first-order valence-electron chi connectivity index (χ1n) is 7.79. The van der Waals surface area contributed by atoms with Crippen molar-refractivity contribution in [3.8, 4) is 16.9 Å². The molecule has 1 aromatic heterocycles. The summed E-state index contributed by atoms with van der Waals surface area (Å²) in [5.41, 5.74) is 4.94. The highest BCUT2D eigenvalue weighted by molar-refractivity contribution is 6.04. The fourth-order valence-corrected chi connectivity index (χ4v) is 3.63. The van der Waals surface area contributed by atoms with Crippen LogP contribution in [0.25, 0.3) is 21.9 Å². The van der Waals surface area contributed by atoms with E-state index in [4.69, 9.17) is 9.72 Å². The molecule has 0 saturated heterocycles. The molecule has 0 atom stereocenters. The molecule has 1 aliphatic rings. The van der Waals surface area contributed by atoms with E-state index in [1.807, 2.05) is 19.2 Å². The second kappa shape index (κ2) is 4.57. The summed E-state index contributed by atoms with van der Waals surface area (Å²) in [6.45, 7) is 7.19. The van der Waals surface area contributed by atoms with Crippen LogP contribution in [0.3, 0.4) is 0 Å². The first-order chi connectivity index (χ1) is 10.6. The number of ether oxygens (including phenoxy) is 1. The smallest absolute Gasteiger partial charge is 0.127 e. The molecular weight excluding hydrogens is 270 g/mol. The molecule has 4 rings (SSSR count). The van der Waals surface area contributed by atoms with Crippen LogP contribution in [-0.4, -0.2) is 11.6 Å².